The van der Waals surface area contributed by atoms with Crippen molar-refractivity contribution >= 4 is 0 Å². The van der Waals surface area contributed by atoms with Crippen molar-refractivity contribution in [2.24, 2.45) is 5.41 Å². The Morgan fingerprint density at radius 3 is 2.38 bits per heavy atom. The maximum atomic E-state index is 8.94. The highest BCUT2D eigenvalue weighted by atomic mass is 16.5. The fourth-order valence-corrected chi connectivity index (χ4v) is 2.93. The van der Waals surface area contributed by atoms with Gasteiger partial charge in [0, 0.05) is 20.1 Å². The zero-order valence-electron chi connectivity index (χ0n) is 16.4. The zero-order valence-corrected chi connectivity index (χ0v) is 16.4. The molecule has 1 fully saturated rings. The van der Waals surface area contributed by atoms with Crippen LogP contribution in [-0.2, 0) is 4.74 Å². The highest BCUT2D eigenvalue weighted by molar-refractivity contribution is 5.46. The third-order valence-corrected chi connectivity index (χ3v) is 4.86. The Morgan fingerprint density at radius 1 is 1.19 bits per heavy atom. The summed E-state index contributed by atoms with van der Waals surface area (Å²) < 4.78 is 5.12. The number of piperidine rings is 1. The number of nitriles is 1. The van der Waals surface area contributed by atoms with Crippen LogP contribution < -0.4 is 0 Å². The van der Waals surface area contributed by atoms with E-state index in [9.17, 15) is 0 Å². The second kappa shape index (κ2) is 10.8. The molecule has 26 heavy (non-hydrogen) atoms. The number of rotatable bonds is 10. The normalized spacial score (nSPS) is 17.7. The van der Waals surface area contributed by atoms with Gasteiger partial charge in [0.1, 0.15) is 0 Å². The van der Waals surface area contributed by atoms with E-state index >= 15 is 0 Å². The molecule has 1 heterocycles. The van der Waals surface area contributed by atoms with E-state index in [1.54, 1.807) is 13.2 Å². The summed E-state index contributed by atoms with van der Waals surface area (Å²) in [5, 5.41) is 8.94. The first-order chi connectivity index (χ1) is 12.3. The summed E-state index contributed by atoms with van der Waals surface area (Å²) in [6, 6.07) is 2.32. The molecule has 0 aliphatic carbocycles. The van der Waals surface area contributed by atoms with E-state index in [1.807, 2.05) is 18.2 Å². The Kier molecular flexibility index (Phi) is 9.05. The molecular weight excluding hydrogens is 320 g/mol. The first-order valence-corrected chi connectivity index (χ1v) is 8.99. The Morgan fingerprint density at radius 2 is 1.85 bits per heavy atom. The van der Waals surface area contributed by atoms with E-state index in [4.69, 9.17) is 10.00 Å². The van der Waals surface area contributed by atoms with Crippen LogP contribution in [0.15, 0.2) is 72.9 Å². The van der Waals surface area contributed by atoms with Gasteiger partial charge in [-0.15, -0.1) is 0 Å². The molecule has 0 amide bonds. The van der Waals surface area contributed by atoms with Gasteiger partial charge in [0.15, 0.2) is 0 Å². The van der Waals surface area contributed by atoms with Crippen molar-refractivity contribution in [1.82, 2.24) is 4.90 Å². The monoisotopic (exact) mass is 352 g/mol. The summed E-state index contributed by atoms with van der Waals surface area (Å²) in [6.07, 6.45) is 10.4. The maximum Gasteiger partial charge on any atom is 0.0713 e. The fourth-order valence-electron chi connectivity index (χ4n) is 2.93. The van der Waals surface area contributed by atoms with E-state index in [0.29, 0.717) is 13.0 Å². The van der Waals surface area contributed by atoms with Crippen LogP contribution in [0.2, 0.25) is 0 Å². The fraction of sp³-hybridized carbons (Fsp3) is 0.435. The molecule has 0 radical (unpaired) electrons. The molecule has 0 N–H and O–H groups in total. The molecule has 1 aliphatic rings. The molecule has 0 bridgehead atoms. The third-order valence-electron chi connectivity index (χ3n) is 4.86. The molecule has 1 rings (SSSR count). The number of methoxy groups -OCH3 is 1. The number of nitrogens with zero attached hydrogens (tertiary/aromatic N) is 2. The number of hydrogen-bond donors (Lipinski definition) is 0. The largest absolute Gasteiger partial charge is 0.380 e. The van der Waals surface area contributed by atoms with Gasteiger partial charge in [0.05, 0.1) is 12.7 Å². The number of hydrogen-bond acceptors (Lipinski definition) is 3. The lowest BCUT2D eigenvalue weighted by Crippen LogP contribution is -2.39. The maximum absolute atomic E-state index is 8.94. The molecule has 0 aromatic rings. The molecule has 3 nitrogen and oxygen atoms in total. The number of allylic oxidation sites excluding steroid dienone is 4. The van der Waals surface area contributed by atoms with Gasteiger partial charge >= 0.3 is 0 Å². The van der Waals surface area contributed by atoms with E-state index in [-0.39, 0.29) is 5.41 Å². The molecule has 0 aromatic carbocycles. The van der Waals surface area contributed by atoms with E-state index < -0.39 is 0 Å². The minimum absolute atomic E-state index is 0.172. The van der Waals surface area contributed by atoms with Crippen LogP contribution in [0.1, 0.15) is 26.2 Å². The average Bonchev–Trinajstić information content (AvgIpc) is 2.61. The molecule has 0 saturated carbocycles. The predicted octanol–water partition coefficient (Wildman–Crippen LogP) is 4.99. The van der Waals surface area contributed by atoms with Crippen molar-refractivity contribution in [2.45, 2.75) is 26.2 Å². The lowest BCUT2D eigenvalue weighted by atomic mass is 9.78. The number of ether oxygens (including phenoxy) is 1. The van der Waals surface area contributed by atoms with Crippen molar-refractivity contribution in [2.75, 3.05) is 33.4 Å². The van der Waals surface area contributed by atoms with Gasteiger partial charge in [-0.3, -0.25) is 4.90 Å². The van der Waals surface area contributed by atoms with E-state index in [0.717, 1.165) is 54.8 Å². The van der Waals surface area contributed by atoms with Gasteiger partial charge in [-0.1, -0.05) is 51.5 Å². The Bertz CT molecular complexity index is 638. The van der Waals surface area contributed by atoms with Crippen LogP contribution in [0.5, 0.6) is 0 Å². The first kappa shape index (κ1) is 21.9. The van der Waals surface area contributed by atoms with E-state index in [1.165, 1.54) is 0 Å². The lowest BCUT2D eigenvalue weighted by molar-refractivity contribution is 0.130. The van der Waals surface area contributed by atoms with Crippen LogP contribution in [0, 0.1) is 16.7 Å². The van der Waals surface area contributed by atoms with Gasteiger partial charge in [-0.2, -0.15) is 5.26 Å². The van der Waals surface area contributed by atoms with Crippen LogP contribution >= 0.6 is 0 Å². The molecule has 140 valence electrons. The first-order valence-electron chi connectivity index (χ1n) is 8.99. The summed E-state index contributed by atoms with van der Waals surface area (Å²) in [6.45, 7) is 21.7. The Hall–Kier alpha value is -2.15. The molecular formula is C23H32N2O. The quantitative estimate of drug-likeness (QED) is 0.520. The molecule has 0 spiro atoms. The zero-order chi connectivity index (χ0) is 19.6. The summed E-state index contributed by atoms with van der Waals surface area (Å²) in [5.41, 5.74) is 3.88. The predicted molar refractivity (Wildman–Crippen MR) is 111 cm³/mol. The molecule has 1 aliphatic heterocycles. The molecule has 0 unspecified atom stereocenters. The molecule has 0 atom stereocenters. The van der Waals surface area contributed by atoms with Gasteiger partial charge in [0.2, 0.25) is 0 Å². The lowest BCUT2D eigenvalue weighted by Gasteiger charge is -2.38. The van der Waals surface area contributed by atoms with Gasteiger partial charge < -0.3 is 4.74 Å². The highest BCUT2D eigenvalue weighted by Gasteiger charge is 2.29. The average molecular weight is 353 g/mol. The summed E-state index contributed by atoms with van der Waals surface area (Å²) in [5.74, 6) is 0. The minimum atomic E-state index is 0.172. The molecule has 1 saturated heterocycles. The summed E-state index contributed by atoms with van der Waals surface area (Å²) >= 11 is 0. The Balaban J connectivity index is 2.50. The van der Waals surface area contributed by atoms with Crippen molar-refractivity contribution < 1.29 is 4.74 Å². The van der Waals surface area contributed by atoms with Gasteiger partial charge in [0.25, 0.3) is 0 Å². The molecule has 3 heteroatoms. The topological polar surface area (TPSA) is 36.3 Å². The second-order valence-electron chi connectivity index (χ2n) is 7.32. The smallest absolute Gasteiger partial charge is 0.0713 e. The standard InChI is InChI=1S/C23H32N2O/c1-7-22(18-26-6)16-21(4)20(3)9-8-19(2)17-25-14-11-23(5,10-13-24)12-15-25/h7-9,16H,1-4,10-12,14-15,17-18H2,5-6H3/b9-8-,22-16+. The van der Waals surface area contributed by atoms with Crippen LogP contribution in [0.3, 0.4) is 0 Å². The van der Waals surface area contributed by atoms with Crippen LogP contribution in [-0.4, -0.2) is 38.3 Å². The van der Waals surface area contributed by atoms with Crippen LogP contribution in [0.4, 0.5) is 0 Å². The molecule has 0 aromatic heterocycles. The van der Waals surface area contributed by atoms with Crippen molar-refractivity contribution in [3.8, 4) is 6.07 Å². The SMILES string of the molecule is C=C/C(=C\C(=C)C(=C)/C=C\C(=C)CN1CCC(C)(CC#N)CC1)COC. The van der Waals surface area contributed by atoms with Crippen molar-refractivity contribution in [3.63, 3.8) is 0 Å². The van der Waals surface area contributed by atoms with Crippen LogP contribution in [0.25, 0.3) is 0 Å². The van der Waals surface area contributed by atoms with Gasteiger partial charge in [-0.25, -0.2) is 0 Å². The third kappa shape index (κ3) is 7.39. The summed E-state index contributed by atoms with van der Waals surface area (Å²) in [4.78, 5) is 2.40. The van der Waals surface area contributed by atoms with Crippen molar-refractivity contribution in [1.29, 1.82) is 5.26 Å². The van der Waals surface area contributed by atoms with Gasteiger partial charge in [-0.05, 0) is 59.7 Å². The van der Waals surface area contributed by atoms with Crippen molar-refractivity contribution in [3.05, 3.63) is 72.9 Å². The second-order valence-corrected chi connectivity index (χ2v) is 7.32. The minimum Gasteiger partial charge on any atom is -0.380 e. The van der Waals surface area contributed by atoms with E-state index in [2.05, 4.69) is 44.2 Å². The Labute approximate surface area is 159 Å². The summed E-state index contributed by atoms with van der Waals surface area (Å²) in [7, 11) is 1.66. The number of likely N-dealkylation sites (tertiary alicyclic amines) is 1. The highest BCUT2D eigenvalue weighted by Crippen LogP contribution is 2.34.